The molecule has 0 unspecified atom stereocenters. The second-order valence-corrected chi connectivity index (χ2v) is 3.57. The van der Waals surface area contributed by atoms with Crippen LogP contribution in [0.25, 0.3) is 0 Å². The summed E-state index contributed by atoms with van der Waals surface area (Å²) in [6.07, 6.45) is 0. The number of nitrogens with zero attached hydrogens (tertiary/aromatic N) is 1. The number of hydrogen-bond acceptors (Lipinski definition) is 5. The van der Waals surface area contributed by atoms with E-state index in [2.05, 4.69) is 10.3 Å². The largest absolute Gasteiger partial charge is 0.461 e. The van der Waals surface area contributed by atoms with Crippen LogP contribution in [0.4, 0.5) is 0 Å². The van der Waals surface area contributed by atoms with Crippen LogP contribution < -0.4 is 5.32 Å². The Morgan fingerprint density at radius 3 is 3.07 bits per heavy atom. The molecular formula is C9H14N2O2S. The maximum atomic E-state index is 11.2. The topological polar surface area (TPSA) is 51.2 Å². The van der Waals surface area contributed by atoms with E-state index >= 15 is 0 Å². The first-order valence-corrected chi connectivity index (χ1v) is 5.48. The molecule has 0 aliphatic heterocycles. The number of nitrogens with one attached hydrogen (secondary N) is 1. The fourth-order valence-electron chi connectivity index (χ4n) is 0.923. The van der Waals surface area contributed by atoms with Gasteiger partial charge in [-0.3, -0.25) is 0 Å². The summed E-state index contributed by atoms with van der Waals surface area (Å²) in [6, 6.07) is 0. The quantitative estimate of drug-likeness (QED) is 0.753. The van der Waals surface area contributed by atoms with Gasteiger partial charge in [-0.1, -0.05) is 6.92 Å². The molecule has 0 spiro atoms. The Morgan fingerprint density at radius 2 is 2.43 bits per heavy atom. The Balaban J connectivity index is 2.54. The number of carbonyl (C=O) groups excluding carboxylic acids is 1. The molecule has 1 aromatic rings. The molecule has 0 radical (unpaired) electrons. The van der Waals surface area contributed by atoms with Gasteiger partial charge in [0.1, 0.15) is 5.01 Å². The predicted octanol–water partition coefficient (Wildman–Crippen LogP) is 1.43. The molecule has 0 aromatic carbocycles. The van der Waals surface area contributed by atoms with Gasteiger partial charge in [0.2, 0.25) is 0 Å². The van der Waals surface area contributed by atoms with Crippen LogP contribution in [0.5, 0.6) is 0 Å². The summed E-state index contributed by atoms with van der Waals surface area (Å²) in [6.45, 7) is 5.80. The van der Waals surface area contributed by atoms with Gasteiger partial charge in [-0.25, -0.2) is 9.78 Å². The second kappa shape index (κ2) is 5.72. The average Bonchev–Trinajstić information content (AvgIpc) is 2.63. The van der Waals surface area contributed by atoms with E-state index in [0.29, 0.717) is 18.8 Å². The van der Waals surface area contributed by atoms with Crippen LogP contribution in [-0.4, -0.2) is 24.1 Å². The Labute approximate surface area is 87.3 Å². The Bertz CT molecular complexity index is 299. The van der Waals surface area contributed by atoms with Crippen molar-refractivity contribution >= 4 is 17.3 Å². The number of esters is 1. The zero-order valence-corrected chi connectivity index (χ0v) is 9.19. The van der Waals surface area contributed by atoms with Crippen molar-refractivity contribution in [2.75, 3.05) is 13.2 Å². The third kappa shape index (κ3) is 3.08. The lowest BCUT2D eigenvalue weighted by atomic mass is 10.5. The highest BCUT2D eigenvalue weighted by Crippen LogP contribution is 2.10. The van der Waals surface area contributed by atoms with E-state index in [1.54, 1.807) is 12.3 Å². The van der Waals surface area contributed by atoms with Gasteiger partial charge in [0.25, 0.3) is 0 Å². The molecule has 1 aromatic heterocycles. The number of carbonyl (C=O) groups is 1. The summed E-state index contributed by atoms with van der Waals surface area (Å²) in [5.74, 6) is -0.341. The van der Waals surface area contributed by atoms with Crippen LogP contribution in [0.3, 0.4) is 0 Å². The number of rotatable bonds is 5. The van der Waals surface area contributed by atoms with Gasteiger partial charge in [-0.05, 0) is 13.5 Å². The average molecular weight is 214 g/mol. The lowest BCUT2D eigenvalue weighted by molar-refractivity contribution is 0.0520. The van der Waals surface area contributed by atoms with E-state index in [-0.39, 0.29) is 5.97 Å². The normalized spacial score (nSPS) is 10.1. The molecule has 4 nitrogen and oxygen atoms in total. The highest BCUT2D eigenvalue weighted by atomic mass is 32.1. The van der Waals surface area contributed by atoms with Gasteiger partial charge in [0.15, 0.2) is 5.69 Å². The van der Waals surface area contributed by atoms with Crippen molar-refractivity contribution in [2.24, 2.45) is 0 Å². The molecule has 0 atom stereocenters. The molecular weight excluding hydrogens is 200 g/mol. The Kier molecular flexibility index (Phi) is 4.55. The van der Waals surface area contributed by atoms with Crippen molar-refractivity contribution in [3.8, 4) is 0 Å². The van der Waals surface area contributed by atoms with Crippen LogP contribution in [0, 0.1) is 0 Å². The Hall–Kier alpha value is -0.940. The smallest absolute Gasteiger partial charge is 0.357 e. The second-order valence-electron chi connectivity index (χ2n) is 2.63. The van der Waals surface area contributed by atoms with E-state index in [1.807, 2.05) is 6.92 Å². The Morgan fingerprint density at radius 1 is 1.64 bits per heavy atom. The van der Waals surface area contributed by atoms with E-state index in [0.717, 1.165) is 11.6 Å². The first-order chi connectivity index (χ1) is 6.77. The van der Waals surface area contributed by atoms with Crippen LogP contribution in [-0.2, 0) is 11.3 Å². The summed E-state index contributed by atoms with van der Waals surface area (Å²) >= 11 is 1.47. The molecule has 0 aliphatic rings. The van der Waals surface area contributed by atoms with Gasteiger partial charge in [-0.2, -0.15) is 0 Å². The van der Waals surface area contributed by atoms with E-state index in [9.17, 15) is 4.79 Å². The SMILES string of the molecule is CCNCc1nc(C(=O)OCC)cs1. The summed E-state index contributed by atoms with van der Waals surface area (Å²) in [7, 11) is 0. The van der Waals surface area contributed by atoms with E-state index in [1.165, 1.54) is 11.3 Å². The minimum atomic E-state index is -0.341. The third-order valence-corrected chi connectivity index (χ3v) is 2.41. The van der Waals surface area contributed by atoms with Crippen molar-refractivity contribution in [2.45, 2.75) is 20.4 Å². The summed E-state index contributed by atoms with van der Waals surface area (Å²) < 4.78 is 4.83. The molecule has 5 heteroatoms. The number of thiazole rings is 1. The van der Waals surface area contributed by atoms with Gasteiger partial charge in [0, 0.05) is 11.9 Å². The van der Waals surface area contributed by atoms with Crippen LogP contribution in [0.2, 0.25) is 0 Å². The fraction of sp³-hybridized carbons (Fsp3) is 0.556. The standard InChI is InChI=1S/C9H14N2O2S/c1-3-10-5-8-11-7(6-14-8)9(12)13-4-2/h6,10H,3-5H2,1-2H3. The minimum absolute atomic E-state index is 0.341. The van der Waals surface area contributed by atoms with Gasteiger partial charge < -0.3 is 10.1 Å². The van der Waals surface area contributed by atoms with Crippen LogP contribution >= 0.6 is 11.3 Å². The zero-order chi connectivity index (χ0) is 10.4. The summed E-state index contributed by atoms with van der Waals surface area (Å²) in [4.78, 5) is 15.4. The highest BCUT2D eigenvalue weighted by molar-refractivity contribution is 7.09. The van der Waals surface area contributed by atoms with Crippen molar-refractivity contribution in [1.29, 1.82) is 0 Å². The van der Waals surface area contributed by atoms with Gasteiger partial charge >= 0.3 is 5.97 Å². The fourth-order valence-corrected chi connectivity index (χ4v) is 1.66. The molecule has 1 rings (SSSR count). The molecule has 0 bridgehead atoms. The van der Waals surface area contributed by atoms with Crippen molar-refractivity contribution in [3.63, 3.8) is 0 Å². The first-order valence-electron chi connectivity index (χ1n) is 4.60. The first kappa shape index (κ1) is 11.1. The molecule has 14 heavy (non-hydrogen) atoms. The molecule has 1 N–H and O–H groups in total. The predicted molar refractivity (Wildman–Crippen MR) is 55.5 cm³/mol. The van der Waals surface area contributed by atoms with Crippen molar-refractivity contribution in [3.05, 3.63) is 16.1 Å². The van der Waals surface area contributed by atoms with Gasteiger partial charge in [-0.15, -0.1) is 11.3 Å². The molecule has 0 saturated heterocycles. The third-order valence-electron chi connectivity index (χ3n) is 1.56. The molecule has 78 valence electrons. The van der Waals surface area contributed by atoms with Gasteiger partial charge in [0.05, 0.1) is 6.61 Å². The summed E-state index contributed by atoms with van der Waals surface area (Å²) in [5, 5.41) is 5.78. The minimum Gasteiger partial charge on any atom is -0.461 e. The lowest BCUT2D eigenvalue weighted by Gasteiger charge is -1.97. The maximum absolute atomic E-state index is 11.2. The van der Waals surface area contributed by atoms with Crippen LogP contribution in [0.15, 0.2) is 5.38 Å². The summed E-state index contributed by atoms with van der Waals surface area (Å²) in [5.41, 5.74) is 0.407. The van der Waals surface area contributed by atoms with Crippen molar-refractivity contribution in [1.82, 2.24) is 10.3 Å². The number of aromatic nitrogens is 1. The van der Waals surface area contributed by atoms with E-state index < -0.39 is 0 Å². The van der Waals surface area contributed by atoms with Crippen molar-refractivity contribution < 1.29 is 9.53 Å². The molecule has 0 saturated carbocycles. The zero-order valence-electron chi connectivity index (χ0n) is 8.37. The van der Waals surface area contributed by atoms with E-state index in [4.69, 9.17) is 4.74 Å². The van der Waals surface area contributed by atoms with Crippen LogP contribution in [0.1, 0.15) is 29.3 Å². The molecule has 0 aliphatic carbocycles. The number of hydrogen-bond donors (Lipinski definition) is 1. The number of ether oxygens (including phenoxy) is 1. The highest BCUT2D eigenvalue weighted by Gasteiger charge is 2.10. The maximum Gasteiger partial charge on any atom is 0.357 e. The molecule has 0 fully saturated rings. The molecule has 0 amide bonds. The molecule has 1 heterocycles. The monoisotopic (exact) mass is 214 g/mol. The lowest BCUT2D eigenvalue weighted by Crippen LogP contribution is -2.12.